The van der Waals surface area contributed by atoms with Gasteiger partial charge in [0.25, 0.3) is 0 Å². The fraction of sp³-hybridized carbons (Fsp3) is 0.636. The lowest BCUT2D eigenvalue weighted by molar-refractivity contribution is 0.00333. The van der Waals surface area contributed by atoms with Gasteiger partial charge in [-0.25, -0.2) is 9.97 Å². The zero-order chi connectivity index (χ0) is 13.0. The number of hydrogen-bond acceptors (Lipinski definition) is 7. The number of hydrogen-bond donors (Lipinski definition) is 2. The van der Waals surface area contributed by atoms with Crippen LogP contribution in [0.2, 0.25) is 0 Å². The van der Waals surface area contributed by atoms with Crippen LogP contribution in [0.25, 0.3) is 0 Å². The van der Waals surface area contributed by atoms with E-state index in [-0.39, 0.29) is 12.7 Å². The molecular weight excluding hydrogens is 236 g/mol. The Morgan fingerprint density at radius 1 is 1.61 bits per heavy atom. The average Bonchev–Trinajstić information content (AvgIpc) is 2.38. The van der Waals surface area contributed by atoms with Crippen LogP contribution in [-0.4, -0.2) is 54.6 Å². The summed E-state index contributed by atoms with van der Waals surface area (Å²) in [5.74, 6) is 1.72. The quantitative estimate of drug-likeness (QED) is 0.741. The maximum absolute atomic E-state index is 9.12. The lowest BCUT2D eigenvalue weighted by Crippen LogP contribution is -2.44. The van der Waals surface area contributed by atoms with Gasteiger partial charge < -0.3 is 25.2 Å². The maximum Gasteiger partial charge on any atom is 0.158 e. The van der Waals surface area contributed by atoms with Crippen LogP contribution >= 0.6 is 0 Å². The van der Waals surface area contributed by atoms with E-state index in [9.17, 15) is 0 Å². The Morgan fingerprint density at radius 3 is 3.17 bits per heavy atom. The molecule has 0 bridgehead atoms. The SMILES string of the molecule is COCc1nc(N)cc(N2CCOC(CO)C2)n1. The fourth-order valence-electron chi connectivity index (χ4n) is 1.90. The number of anilines is 2. The summed E-state index contributed by atoms with van der Waals surface area (Å²) >= 11 is 0. The van der Waals surface area contributed by atoms with E-state index in [0.717, 1.165) is 12.4 Å². The van der Waals surface area contributed by atoms with Crippen molar-refractivity contribution in [3.05, 3.63) is 11.9 Å². The van der Waals surface area contributed by atoms with Crippen molar-refractivity contribution in [3.63, 3.8) is 0 Å². The van der Waals surface area contributed by atoms with Crippen LogP contribution in [-0.2, 0) is 16.1 Å². The zero-order valence-corrected chi connectivity index (χ0v) is 10.4. The first-order valence-electron chi connectivity index (χ1n) is 5.82. The molecule has 7 nitrogen and oxygen atoms in total. The van der Waals surface area contributed by atoms with E-state index in [0.29, 0.717) is 31.4 Å². The maximum atomic E-state index is 9.12. The van der Waals surface area contributed by atoms with Gasteiger partial charge in [-0.1, -0.05) is 0 Å². The van der Waals surface area contributed by atoms with E-state index in [1.54, 1.807) is 13.2 Å². The Hall–Kier alpha value is -1.44. The van der Waals surface area contributed by atoms with E-state index in [2.05, 4.69) is 9.97 Å². The molecule has 1 fully saturated rings. The Balaban J connectivity index is 2.16. The van der Waals surface area contributed by atoms with Crippen LogP contribution in [0.3, 0.4) is 0 Å². The zero-order valence-electron chi connectivity index (χ0n) is 10.4. The number of nitrogen functional groups attached to an aromatic ring is 1. The first kappa shape index (κ1) is 13.0. The van der Waals surface area contributed by atoms with Crippen molar-refractivity contribution >= 4 is 11.6 Å². The molecule has 3 N–H and O–H groups in total. The molecule has 0 radical (unpaired) electrons. The number of morpholine rings is 1. The van der Waals surface area contributed by atoms with Gasteiger partial charge in [0.1, 0.15) is 18.2 Å². The summed E-state index contributed by atoms with van der Waals surface area (Å²) in [5.41, 5.74) is 5.75. The molecule has 0 spiro atoms. The van der Waals surface area contributed by atoms with Crippen LogP contribution in [0.5, 0.6) is 0 Å². The number of nitrogens with zero attached hydrogens (tertiary/aromatic N) is 3. The molecule has 1 aromatic rings. The summed E-state index contributed by atoms with van der Waals surface area (Å²) < 4.78 is 10.4. The highest BCUT2D eigenvalue weighted by Crippen LogP contribution is 2.17. The standard InChI is InChI=1S/C11H18N4O3/c1-17-7-10-13-9(12)4-11(14-10)15-2-3-18-8(5-15)6-16/h4,8,16H,2-3,5-7H2,1H3,(H2,12,13,14). The molecule has 0 aliphatic carbocycles. The molecular formula is C11H18N4O3. The highest BCUT2D eigenvalue weighted by atomic mass is 16.5. The van der Waals surface area contributed by atoms with E-state index in [4.69, 9.17) is 20.3 Å². The van der Waals surface area contributed by atoms with Gasteiger partial charge in [0, 0.05) is 26.3 Å². The minimum atomic E-state index is -0.180. The van der Waals surface area contributed by atoms with Crippen LogP contribution in [0, 0.1) is 0 Å². The lowest BCUT2D eigenvalue weighted by atomic mass is 10.3. The van der Waals surface area contributed by atoms with Crippen molar-refractivity contribution in [2.24, 2.45) is 0 Å². The van der Waals surface area contributed by atoms with Crippen molar-refractivity contribution in [2.45, 2.75) is 12.7 Å². The van der Waals surface area contributed by atoms with Gasteiger partial charge in [-0.3, -0.25) is 0 Å². The fourth-order valence-corrected chi connectivity index (χ4v) is 1.90. The second kappa shape index (κ2) is 5.94. The number of aliphatic hydroxyl groups excluding tert-OH is 1. The molecule has 2 heterocycles. The van der Waals surface area contributed by atoms with Crippen LogP contribution in [0.15, 0.2) is 6.07 Å². The average molecular weight is 254 g/mol. The molecule has 0 amide bonds. The predicted octanol–water partition coefficient (Wildman–Crippen LogP) is -0.597. The third-order valence-corrected chi connectivity index (χ3v) is 2.72. The molecule has 0 aromatic carbocycles. The van der Waals surface area contributed by atoms with E-state index < -0.39 is 0 Å². The topological polar surface area (TPSA) is 93.7 Å². The second-order valence-corrected chi connectivity index (χ2v) is 4.12. The number of rotatable bonds is 4. The monoisotopic (exact) mass is 254 g/mol. The Bertz CT molecular complexity index is 402. The van der Waals surface area contributed by atoms with Gasteiger partial charge in [-0.15, -0.1) is 0 Å². The van der Waals surface area contributed by atoms with Crippen LogP contribution in [0.4, 0.5) is 11.6 Å². The molecule has 100 valence electrons. The van der Waals surface area contributed by atoms with Crippen LogP contribution in [0.1, 0.15) is 5.82 Å². The number of aliphatic hydroxyl groups is 1. The van der Waals surface area contributed by atoms with Gasteiger partial charge in [-0.2, -0.15) is 0 Å². The van der Waals surface area contributed by atoms with Crippen molar-refractivity contribution in [3.8, 4) is 0 Å². The van der Waals surface area contributed by atoms with Crippen molar-refractivity contribution < 1.29 is 14.6 Å². The number of aromatic nitrogens is 2. The van der Waals surface area contributed by atoms with Gasteiger partial charge in [0.05, 0.1) is 19.3 Å². The Kier molecular flexibility index (Phi) is 4.29. The van der Waals surface area contributed by atoms with E-state index in [1.807, 2.05) is 4.90 Å². The molecule has 1 unspecified atom stereocenters. The van der Waals surface area contributed by atoms with Gasteiger partial charge in [-0.05, 0) is 0 Å². The summed E-state index contributed by atoms with van der Waals surface area (Å²) in [5, 5.41) is 9.12. The molecule has 0 saturated carbocycles. The summed E-state index contributed by atoms with van der Waals surface area (Å²) in [6.07, 6.45) is -0.180. The van der Waals surface area contributed by atoms with Crippen molar-refractivity contribution in [1.82, 2.24) is 9.97 Å². The first-order chi connectivity index (χ1) is 8.72. The number of methoxy groups -OCH3 is 1. The third kappa shape index (κ3) is 3.06. The minimum Gasteiger partial charge on any atom is -0.394 e. The van der Waals surface area contributed by atoms with Gasteiger partial charge in [0.2, 0.25) is 0 Å². The third-order valence-electron chi connectivity index (χ3n) is 2.72. The number of nitrogens with two attached hydrogens (primary N) is 1. The van der Waals surface area contributed by atoms with Crippen molar-refractivity contribution in [1.29, 1.82) is 0 Å². The lowest BCUT2D eigenvalue weighted by Gasteiger charge is -2.33. The summed E-state index contributed by atoms with van der Waals surface area (Å²) in [4.78, 5) is 10.5. The molecule has 1 atom stereocenters. The first-order valence-corrected chi connectivity index (χ1v) is 5.82. The minimum absolute atomic E-state index is 0.00198. The molecule has 1 aromatic heterocycles. The van der Waals surface area contributed by atoms with Gasteiger partial charge >= 0.3 is 0 Å². The second-order valence-electron chi connectivity index (χ2n) is 4.12. The summed E-state index contributed by atoms with van der Waals surface area (Å²) in [6, 6.07) is 1.72. The molecule has 18 heavy (non-hydrogen) atoms. The predicted molar refractivity (Wildman–Crippen MR) is 66.2 cm³/mol. The highest BCUT2D eigenvalue weighted by molar-refractivity contribution is 5.47. The highest BCUT2D eigenvalue weighted by Gasteiger charge is 2.21. The molecule has 1 aliphatic heterocycles. The van der Waals surface area contributed by atoms with Crippen molar-refractivity contribution in [2.75, 3.05) is 44.0 Å². The van der Waals surface area contributed by atoms with E-state index >= 15 is 0 Å². The van der Waals surface area contributed by atoms with Crippen LogP contribution < -0.4 is 10.6 Å². The molecule has 1 saturated heterocycles. The summed E-state index contributed by atoms with van der Waals surface area (Å²) in [7, 11) is 1.59. The largest absolute Gasteiger partial charge is 0.394 e. The van der Waals surface area contributed by atoms with E-state index in [1.165, 1.54) is 0 Å². The summed E-state index contributed by atoms with van der Waals surface area (Å²) in [6.45, 7) is 2.21. The van der Waals surface area contributed by atoms with Gasteiger partial charge in [0.15, 0.2) is 5.82 Å². The molecule has 2 rings (SSSR count). The number of ether oxygens (including phenoxy) is 2. The Labute approximate surface area is 106 Å². The Morgan fingerprint density at radius 2 is 2.44 bits per heavy atom. The molecule has 7 heteroatoms. The normalized spacial score (nSPS) is 20.1. The smallest absolute Gasteiger partial charge is 0.158 e. The molecule has 1 aliphatic rings.